The van der Waals surface area contributed by atoms with Crippen LogP contribution in [0.25, 0.3) is 0 Å². The highest BCUT2D eigenvalue weighted by Gasteiger charge is 2.23. The van der Waals surface area contributed by atoms with Gasteiger partial charge in [-0.1, -0.05) is 0 Å². The van der Waals surface area contributed by atoms with E-state index in [0.717, 1.165) is 12.1 Å². The van der Waals surface area contributed by atoms with Gasteiger partial charge in [-0.05, 0) is 29.3 Å². The lowest BCUT2D eigenvalue weighted by molar-refractivity contribution is 0.0566. The Morgan fingerprint density at radius 3 is 3.00 bits per heavy atom. The smallest absolute Gasteiger partial charge is 0.102 e. The van der Waals surface area contributed by atoms with Gasteiger partial charge >= 0.3 is 0 Å². The maximum atomic E-state index is 10.3. The Morgan fingerprint density at radius 1 is 1.59 bits per heavy atom. The Labute approximate surface area is 105 Å². The van der Waals surface area contributed by atoms with Gasteiger partial charge in [-0.2, -0.15) is 16.4 Å². The lowest BCUT2D eigenvalue weighted by Gasteiger charge is -2.22. The highest BCUT2D eigenvalue weighted by molar-refractivity contribution is 7.07. The molecule has 1 unspecified atom stereocenters. The predicted octanol–water partition coefficient (Wildman–Crippen LogP) is 1.48. The molecule has 0 aliphatic heterocycles. The van der Waals surface area contributed by atoms with Crippen LogP contribution in [0.15, 0.2) is 29.2 Å². The molecule has 0 bridgehead atoms. The molecule has 0 radical (unpaired) electrons. The van der Waals surface area contributed by atoms with Crippen molar-refractivity contribution in [3.8, 4) is 0 Å². The molecule has 0 aliphatic rings. The van der Waals surface area contributed by atoms with Crippen LogP contribution in [0.1, 0.15) is 18.1 Å². The minimum absolute atomic E-state index is 0.508. The van der Waals surface area contributed by atoms with Crippen molar-refractivity contribution >= 4 is 11.3 Å². The van der Waals surface area contributed by atoms with E-state index < -0.39 is 5.60 Å². The molecule has 0 saturated heterocycles. The summed E-state index contributed by atoms with van der Waals surface area (Å²) in [6, 6.07) is 2.08. The molecule has 0 fully saturated rings. The molecule has 92 valence electrons. The summed E-state index contributed by atoms with van der Waals surface area (Å²) in [5.74, 6) is 0. The lowest BCUT2D eigenvalue weighted by atomic mass is 10.00. The molecule has 0 aliphatic carbocycles. The monoisotopic (exact) mass is 251 g/mol. The molecule has 2 rings (SSSR count). The van der Waals surface area contributed by atoms with Gasteiger partial charge in [0.15, 0.2) is 0 Å². The first-order valence-electron chi connectivity index (χ1n) is 5.51. The topological polar surface area (TPSA) is 50.1 Å². The van der Waals surface area contributed by atoms with Crippen molar-refractivity contribution in [2.45, 2.75) is 19.1 Å². The molecule has 0 amide bonds. The molecular formula is C12H17N3OS. The number of aliphatic hydroxyl groups is 1. The third-order valence-corrected chi connectivity index (χ3v) is 3.44. The molecule has 1 atom stereocenters. The van der Waals surface area contributed by atoms with Crippen LogP contribution in [-0.2, 0) is 19.2 Å². The van der Waals surface area contributed by atoms with E-state index in [2.05, 4.69) is 27.2 Å². The first kappa shape index (κ1) is 12.3. The normalized spacial score (nSPS) is 14.8. The van der Waals surface area contributed by atoms with Crippen LogP contribution in [0.4, 0.5) is 0 Å². The maximum absolute atomic E-state index is 10.3. The SMILES string of the molecule is Cn1cc(C(C)(O)CNCc2ccsc2)cn1. The first-order valence-corrected chi connectivity index (χ1v) is 6.45. The quantitative estimate of drug-likeness (QED) is 0.846. The van der Waals surface area contributed by atoms with Gasteiger partial charge < -0.3 is 10.4 Å². The summed E-state index contributed by atoms with van der Waals surface area (Å²) in [5, 5.41) is 21.8. The van der Waals surface area contributed by atoms with Crippen LogP contribution in [0.3, 0.4) is 0 Å². The summed E-state index contributed by atoms with van der Waals surface area (Å²) in [5.41, 5.74) is 1.19. The van der Waals surface area contributed by atoms with Crippen molar-refractivity contribution in [3.63, 3.8) is 0 Å². The first-order chi connectivity index (χ1) is 8.08. The van der Waals surface area contributed by atoms with Gasteiger partial charge in [0.2, 0.25) is 0 Å². The fourth-order valence-corrected chi connectivity index (χ4v) is 2.31. The van der Waals surface area contributed by atoms with E-state index in [1.165, 1.54) is 5.56 Å². The van der Waals surface area contributed by atoms with Crippen molar-refractivity contribution in [2.75, 3.05) is 6.54 Å². The third-order valence-electron chi connectivity index (χ3n) is 2.71. The standard InChI is InChI=1S/C12H17N3OS/c1-12(16,11-6-14-15(2)7-11)9-13-5-10-3-4-17-8-10/h3-4,6-8,13,16H,5,9H2,1-2H3. The minimum atomic E-state index is -0.885. The summed E-state index contributed by atoms with van der Waals surface area (Å²) >= 11 is 1.68. The zero-order valence-corrected chi connectivity index (χ0v) is 10.9. The predicted molar refractivity (Wildman–Crippen MR) is 68.8 cm³/mol. The van der Waals surface area contributed by atoms with Crippen LogP contribution < -0.4 is 5.32 Å². The van der Waals surface area contributed by atoms with Gasteiger partial charge in [-0.3, -0.25) is 4.68 Å². The average Bonchev–Trinajstić information content (AvgIpc) is 2.89. The van der Waals surface area contributed by atoms with Gasteiger partial charge in [-0.15, -0.1) is 0 Å². The second-order valence-electron chi connectivity index (χ2n) is 4.41. The van der Waals surface area contributed by atoms with E-state index in [9.17, 15) is 5.11 Å². The van der Waals surface area contributed by atoms with Gasteiger partial charge in [0, 0.05) is 31.9 Å². The van der Waals surface area contributed by atoms with E-state index >= 15 is 0 Å². The minimum Gasteiger partial charge on any atom is -0.384 e. The summed E-state index contributed by atoms with van der Waals surface area (Å²) in [6.07, 6.45) is 3.54. The number of hydrogen-bond donors (Lipinski definition) is 2. The second kappa shape index (κ2) is 5.00. The molecule has 17 heavy (non-hydrogen) atoms. The largest absolute Gasteiger partial charge is 0.384 e. The van der Waals surface area contributed by atoms with E-state index in [0.29, 0.717) is 6.54 Å². The van der Waals surface area contributed by atoms with E-state index in [1.807, 2.05) is 13.2 Å². The average molecular weight is 251 g/mol. The van der Waals surface area contributed by atoms with E-state index in [4.69, 9.17) is 0 Å². The number of thiophene rings is 1. The van der Waals surface area contributed by atoms with Crippen LogP contribution in [-0.4, -0.2) is 21.4 Å². The van der Waals surface area contributed by atoms with Crippen molar-refractivity contribution in [1.29, 1.82) is 0 Å². The maximum Gasteiger partial charge on any atom is 0.102 e. The van der Waals surface area contributed by atoms with Gasteiger partial charge in [0.1, 0.15) is 5.60 Å². The molecule has 2 aromatic rings. The summed E-state index contributed by atoms with van der Waals surface area (Å²) in [7, 11) is 1.85. The Kier molecular flexibility index (Phi) is 3.61. The molecule has 0 saturated carbocycles. The molecular weight excluding hydrogens is 234 g/mol. The Balaban J connectivity index is 1.89. The fourth-order valence-electron chi connectivity index (χ4n) is 1.64. The number of aryl methyl sites for hydroxylation is 1. The van der Waals surface area contributed by atoms with Gasteiger partial charge in [-0.25, -0.2) is 0 Å². The highest BCUT2D eigenvalue weighted by Crippen LogP contribution is 2.18. The number of hydrogen-bond acceptors (Lipinski definition) is 4. The molecule has 0 spiro atoms. The van der Waals surface area contributed by atoms with Gasteiger partial charge in [0.05, 0.1) is 6.20 Å². The molecule has 2 aromatic heterocycles. The van der Waals surface area contributed by atoms with E-state index in [1.54, 1.807) is 29.1 Å². The number of nitrogens with zero attached hydrogens (tertiary/aromatic N) is 2. The van der Waals surface area contributed by atoms with Crippen LogP contribution >= 0.6 is 11.3 Å². The van der Waals surface area contributed by atoms with Crippen LogP contribution in [0, 0.1) is 0 Å². The summed E-state index contributed by atoms with van der Waals surface area (Å²) < 4.78 is 1.70. The Hall–Kier alpha value is -1.17. The Bertz CT molecular complexity index is 462. The summed E-state index contributed by atoms with van der Waals surface area (Å²) in [6.45, 7) is 3.08. The van der Waals surface area contributed by atoms with Crippen molar-refractivity contribution in [3.05, 3.63) is 40.3 Å². The number of rotatable bonds is 5. The molecule has 4 nitrogen and oxygen atoms in total. The second-order valence-corrected chi connectivity index (χ2v) is 5.19. The molecule has 2 N–H and O–H groups in total. The molecule has 5 heteroatoms. The Morgan fingerprint density at radius 2 is 2.41 bits per heavy atom. The zero-order chi connectivity index (χ0) is 12.3. The molecule has 2 heterocycles. The van der Waals surface area contributed by atoms with Crippen LogP contribution in [0.5, 0.6) is 0 Å². The van der Waals surface area contributed by atoms with Crippen molar-refractivity contribution in [1.82, 2.24) is 15.1 Å². The zero-order valence-electron chi connectivity index (χ0n) is 10.1. The lowest BCUT2D eigenvalue weighted by Crippen LogP contribution is -2.34. The molecule has 0 aromatic carbocycles. The van der Waals surface area contributed by atoms with Crippen molar-refractivity contribution < 1.29 is 5.11 Å². The highest BCUT2D eigenvalue weighted by atomic mass is 32.1. The number of nitrogens with one attached hydrogen (secondary N) is 1. The summed E-state index contributed by atoms with van der Waals surface area (Å²) in [4.78, 5) is 0. The third kappa shape index (κ3) is 3.15. The van der Waals surface area contributed by atoms with E-state index in [-0.39, 0.29) is 0 Å². The number of aromatic nitrogens is 2. The fraction of sp³-hybridized carbons (Fsp3) is 0.417. The van der Waals surface area contributed by atoms with Gasteiger partial charge in [0.25, 0.3) is 0 Å². The van der Waals surface area contributed by atoms with Crippen LogP contribution in [0.2, 0.25) is 0 Å². The van der Waals surface area contributed by atoms with Crippen molar-refractivity contribution in [2.24, 2.45) is 7.05 Å².